The van der Waals surface area contributed by atoms with Crippen LogP contribution in [0.3, 0.4) is 0 Å². The molecule has 3 rings (SSSR count). The second-order valence-electron chi connectivity index (χ2n) is 5.97. The molecule has 2 aromatic carbocycles. The van der Waals surface area contributed by atoms with E-state index in [1.165, 1.54) is 14.2 Å². The third-order valence-electron chi connectivity index (χ3n) is 3.94. The van der Waals surface area contributed by atoms with Gasteiger partial charge in [-0.3, -0.25) is 4.79 Å². The standard InChI is InChI=1S/C19H15ClF3N3O4S/c1-28-11-4-5-12(15(8-11)29-2)17-25-26-18(30-17)31-9-16(27)24-14-7-10(19(21,22)23)3-6-13(14)20/h3-8H,9H2,1-2H3,(H,24,27). The molecular weight excluding hydrogens is 459 g/mol. The molecule has 0 atom stereocenters. The fourth-order valence-electron chi connectivity index (χ4n) is 2.46. The number of rotatable bonds is 7. The number of aromatic nitrogens is 2. The maximum absolute atomic E-state index is 12.8. The Hall–Kier alpha value is -2.92. The maximum atomic E-state index is 12.8. The molecule has 0 aliphatic rings. The average molecular weight is 474 g/mol. The number of amides is 1. The van der Waals surface area contributed by atoms with E-state index in [9.17, 15) is 18.0 Å². The topological polar surface area (TPSA) is 86.5 Å². The molecule has 1 heterocycles. The number of benzene rings is 2. The van der Waals surface area contributed by atoms with E-state index in [2.05, 4.69) is 15.5 Å². The Kier molecular flexibility index (Phi) is 6.96. The minimum absolute atomic E-state index is 0.0157. The number of carbonyl (C=O) groups excluding carboxylic acids is 1. The lowest BCUT2D eigenvalue weighted by Crippen LogP contribution is -2.15. The number of methoxy groups -OCH3 is 2. The molecule has 0 aliphatic heterocycles. The molecule has 0 radical (unpaired) electrons. The molecule has 0 aliphatic carbocycles. The number of thioether (sulfide) groups is 1. The van der Waals surface area contributed by atoms with E-state index in [4.69, 9.17) is 25.5 Å². The number of halogens is 4. The Morgan fingerprint density at radius 3 is 2.61 bits per heavy atom. The summed E-state index contributed by atoms with van der Waals surface area (Å²) in [6.45, 7) is 0. The van der Waals surface area contributed by atoms with Gasteiger partial charge in [0.2, 0.25) is 5.91 Å². The van der Waals surface area contributed by atoms with Crippen molar-refractivity contribution in [3.05, 3.63) is 47.0 Å². The molecule has 1 aromatic heterocycles. The second-order valence-corrected chi connectivity index (χ2v) is 7.30. The van der Waals surface area contributed by atoms with Crippen molar-refractivity contribution in [1.82, 2.24) is 10.2 Å². The molecular formula is C19H15ClF3N3O4S. The van der Waals surface area contributed by atoms with Crippen molar-refractivity contribution < 1.29 is 31.9 Å². The van der Waals surface area contributed by atoms with Gasteiger partial charge in [-0.25, -0.2) is 0 Å². The molecule has 12 heteroatoms. The number of nitrogens with one attached hydrogen (secondary N) is 1. The van der Waals surface area contributed by atoms with Gasteiger partial charge < -0.3 is 19.2 Å². The van der Waals surface area contributed by atoms with Gasteiger partial charge in [0.1, 0.15) is 11.5 Å². The third-order valence-corrected chi connectivity index (χ3v) is 5.09. The van der Waals surface area contributed by atoms with Gasteiger partial charge in [-0.15, -0.1) is 10.2 Å². The van der Waals surface area contributed by atoms with Crippen LogP contribution in [-0.2, 0) is 11.0 Å². The highest BCUT2D eigenvalue weighted by Crippen LogP contribution is 2.35. The molecule has 0 bridgehead atoms. The third kappa shape index (κ3) is 5.61. The van der Waals surface area contributed by atoms with Gasteiger partial charge in [0.05, 0.1) is 41.8 Å². The molecule has 164 valence electrons. The molecule has 31 heavy (non-hydrogen) atoms. The monoisotopic (exact) mass is 473 g/mol. The van der Waals surface area contributed by atoms with E-state index in [-0.39, 0.29) is 27.6 Å². The van der Waals surface area contributed by atoms with Crippen molar-refractivity contribution >= 4 is 35.0 Å². The smallest absolute Gasteiger partial charge is 0.416 e. The highest BCUT2D eigenvalue weighted by molar-refractivity contribution is 7.99. The molecule has 1 N–H and O–H groups in total. The van der Waals surface area contributed by atoms with Crippen LogP contribution < -0.4 is 14.8 Å². The van der Waals surface area contributed by atoms with Crippen molar-refractivity contribution in [1.29, 1.82) is 0 Å². The summed E-state index contributed by atoms with van der Waals surface area (Å²) in [4.78, 5) is 12.2. The van der Waals surface area contributed by atoms with Crippen molar-refractivity contribution in [3.8, 4) is 23.0 Å². The van der Waals surface area contributed by atoms with Gasteiger partial charge in [-0.1, -0.05) is 23.4 Å². The lowest BCUT2D eigenvalue weighted by atomic mass is 10.2. The Bertz CT molecular complexity index is 1090. The molecule has 0 fully saturated rings. The number of ether oxygens (including phenoxy) is 2. The number of hydrogen-bond acceptors (Lipinski definition) is 7. The van der Waals surface area contributed by atoms with Crippen LogP contribution in [0.2, 0.25) is 5.02 Å². The number of carbonyl (C=O) groups is 1. The van der Waals surface area contributed by atoms with Gasteiger partial charge >= 0.3 is 6.18 Å². The number of alkyl halides is 3. The first kappa shape index (κ1) is 22.8. The first-order chi connectivity index (χ1) is 14.7. The molecule has 0 saturated heterocycles. The van der Waals surface area contributed by atoms with E-state index < -0.39 is 17.6 Å². The SMILES string of the molecule is COc1ccc(-c2nnc(SCC(=O)Nc3cc(C(F)(F)F)ccc3Cl)o2)c(OC)c1. The van der Waals surface area contributed by atoms with Crippen molar-refractivity contribution in [2.45, 2.75) is 11.4 Å². The second kappa shape index (κ2) is 9.48. The van der Waals surface area contributed by atoms with Gasteiger partial charge in [0.25, 0.3) is 11.1 Å². The summed E-state index contributed by atoms with van der Waals surface area (Å²) in [7, 11) is 3.00. The zero-order valence-corrected chi connectivity index (χ0v) is 17.7. The largest absolute Gasteiger partial charge is 0.497 e. The fraction of sp³-hybridized carbons (Fsp3) is 0.211. The Balaban J connectivity index is 1.66. The number of anilines is 1. The first-order valence-electron chi connectivity index (χ1n) is 8.56. The predicted molar refractivity (Wildman–Crippen MR) is 109 cm³/mol. The van der Waals surface area contributed by atoms with Crippen LogP contribution in [0.5, 0.6) is 11.5 Å². The van der Waals surface area contributed by atoms with Crippen LogP contribution in [0.25, 0.3) is 11.5 Å². The van der Waals surface area contributed by atoms with E-state index >= 15 is 0 Å². The zero-order chi connectivity index (χ0) is 22.6. The van der Waals surface area contributed by atoms with E-state index in [0.29, 0.717) is 17.1 Å². The van der Waals surface area contributed by atoms with Gasteiger partial charge in [0, 0.05) is 6.07 Å². The summed E-state index contributed by atoms with van der Waals surface area (Å²) in [6.07, 6.45) is -4.55. The van der Waals surface area contributed by atoms with Crippen LogP contribution in [-0.4, -0.2) is 36.1 Å². The summed E-state index contributed by atoms with van der Waals surface area (Å²) in [6, 6.07) is 7.70. The van der Waals surface area contributed by atoms with Crippen LogP contribution in [0.15, 0.2) is 46.0 Å². The normalized spacial score (nSPS) is 11.3. The molecule has 0 unspecified atom stereocenters. The van der Waals surface area contributed by atoms with E-state index in [0.717, 1.165) is 30.0 Å². The zero-order valence-electron chi connectivity index (χ0n) is 16.1. The summed E-state index contributed by atoms with van der Waals surface area (Å²) < 4.78 is 54.5. The highest BCUT2D eigenvalue weighted by Gasteiger charge is 2.31. The minimum atomic E-state index is -4.55. The molecule has 0 saturated carbocycles. The summed E-state index contributed by atoms with van der Waals surface area (Å²) in [5.74, 6) is 0.431. The molecule has 1 amide bonds. The lowest BCUT2D eigenvalue weighted by molar-refractivity contribution is -0.137. The van der Waals surface area contributed by atoms with Gasteiger partial charge in [0.15, 0.2) is 0 Å². The number of hydrogen-bond donors (Lipinski definition) is 1. The van der Waals surface area contributed by atoms with Crippen LogP contribution in [0, 0.1) is 0 Å². The first-order valence-corrected chi connectivity index (χ1v) is 9.93. The van der Waals surface area contributed by atoms with Crippen molar-refractivity contribution in [3.63, 3.8) is 0 Å². The summed E-state index contributed by atoms with van der Waals surface area (Å²) in [5, 5.41) is 10.2. The minimum Gasteiger partial charge on any atom is -0.497 e. The van der Waals surface area contributed by atoms with Crippen molar-refractivity contribution in [2.75, 3.05) is 25.3 Å². The molecule has 3 aromatic rings. The van der Waals surface area contributed by atoms with Crippen LogP contribution in [0.4, 0.5) is 18.9 Å². The lowest BCUT2D eigenvalue weighted by Gasteiger charge is -2.11. The van der Waals surface area contributed by atoms with Crippen LogP contribution in [0.1, 0.15) is 5.56 Å². The van der Waals surface area contributed by atoms with Gasteiger partial charge in [-0.05, 0) is 30.3 Å². The quantitative estimate of drug-likeness (QED) is 0.474. The van der Waals surface area contributed by atoms with Crippen LogP contribution >= 0.6 is 23.4 Å². The summed E-state index contributed by atoms with van der Waals surface area (Å²) >= 11 is 6.80. The van der Waals surface area contributed by atoms with Crippen molar-refractivity contribution in [2.24, 2.45) is 0 Å². The highest BCUT2D eigenvalue weighted by atomic mass is 35.5. The fourth-order valence-corrected chi connectivity index (χ4v) is 3.19. The summed E-state index contributed by atoms with van der Waals surface area (Å²) in [5.41, 5.74) is -0.533. The van der Waals surface area contributed by atoms with E-state index in [1.807, 2.05) is 0 Å². The molecule has 7 nitrogen and oxygen atoms in total. The number of nitrogens with zero attached hydrogens (tertiary/aromatic N) is 2. The Labute approximate surface area is 183 Å². The maximum Gasteiger partial charge on any atom is 0.416 e. The molecule has 0 spiro atoms. The predicted octanol–water partition coefficient (Wildman–Crippen LogP) is 5.16. The Morgan fingerprint density at radius 1 is 1.16 bits per heavy atom. The van der Waals surface area contributed by atoms with E-state index in [1.54, 1.807) is 18.2 Å². The van der Waals surface area contributed by atoms with Gasteiger partial charge in [-0.2, -0.15) is 13.2 Å². The average Bonchev–Trinajstić information content (AvgIpc) is 3.21. The Morgan fingerprint density at radius 2 is 1.94 bits per heavy atom.